The number of carbonyl (C=O) groups is 2. The number of carboxylic acid groups (broad SMARTS) is 1. The maximum absolute atomic E-state index is 11.6. The molecule has 4 nitrogen and oxygen atoms in total. The molecule has 1 atom stereocenters. The van der Waals surface area contributed by atoms with Crippen molar-refractivity contribution in [3.05, 3.63) is 22.4 Å². The van der Waals surface area contributed by atoms with E-state index in [-0.39, 0.29) is 12.3 Å². The molecule has 0 aromatic carbocycles. The van der Waals surface area contributed by atoms with Crippen LogP contribution < -0.4 is 5.32 Å². The van der Waals surface area contributed by atoms with E-state index < -0.39 is 11.5 Å². The van der Waals surface area contributed by atoms with E-state index in [2.05, 4.69) is 5.32 Å². The molecule has 1 aromatic heterocycles. The number of hydrogen-bond donors (Lipinski definition) is 2. The van der Waals surface area contributed by atoms with Crippen LogP contribution in [0.1, 0.15) is 25.1 Å². The first kappa shape index (κ1) is 12.7. The van der Waals surface area contributed by atoms with Gasteiger partial charge in [-0.3, -0.25) is 4.79 Å². The second-order valence-corrected chi connectivity index (χ2v) is 4.83. The Kier molecular flexibility index (Phi) is 4.06. The van der Waals surface area contributed by atoms with Gasteiger partial charge in [-0.2, -0.15) is 0 Å². The van der Waals surface area contributed by atoms with E-state index in [1.165, 1.54) is 18.3 Å². The third-order valence-electron chi connectivity index (χ3n) is 2.51. The quantitative estimate of drug-likeness (QED) is 0.824. The highest BCUT2D eigenvalue weighted by Crippen LogP contribution is 2.12. The smallest absolute Gasteiger partial charge is 0.329 e. The standard InChI is InChI=1S/C11H15NO3S/c1-3-11(2,10(14)15)12-9(13)7-8-5-4-6-16-8/h4-6H,3,7H2,1-2H3,(H,12,13)(H,14,15). The highest BCUT2D eigenvalue weighted by Gasteiger charge is 2.32. The van der Waals surface area contributed by atoms with Crippen molar-refractivity contribution in [2.75, 3.05) is 0 Å². The average molecular weight is 241 g/mol. The minimum Gasteiger partial charge on any atom is -0.480 e. The molecular weight excluding hydrogens is 226 g/mol. The molecule has 1 amide bonds. The van der Waals surface area contributed by atoms with Crippen LogP contribution in [0.4, 0.5) is 0 Å². The van der Waals surface area contributed by atoms with Gasteiger partial charge in [0.1, 0.15) is 5.54 Å². The largest absolute Gasteiger partial charge is 0.480 e. The van der Waals surface area contributed by atoms with Gasteiger partial charge in [-0.15, -0.1) is 11.3 Å². The van der Waals surface area contributed by atoms with E-state index in [0.29, 0.717) is 6.42 Å². The fourth-order valence-electron chi connectivity index (χ4n) is 1.22. The molecule has 5 heteroatoms. The minimum absolute atomic E-state index is 0.237. The van der Waals surface area contributed by atoms with Crippen LogP contribution in [-0.2, 0) is 16.0 Å². The summed E-state index contributed by atoms with van der Waals surface area (Å²) in [5, 5.41) is 13.4. The summed E-state index contributed by atoms with van der Waals surface area (Å²) in [6.45, 7) is 3.25. The van der Waals surface area contributed by atoms with Gasteiger partial charge < -0.3 is 10.4 Å². The molecule has 0 spiro atoms. The zero-order valence-electron chi connectivity index (χ0n) is 9.32. The maximum atomic E-state index is 11.6. The van der Waals surface area contributed by atoms with Gasteiger partial charge in [0.15, 0.2) is 0 Å². The lowest BCUT2D eigenvalue weighted by Gasteiger charge is -2.24. The van der Waals surface area contributed by atoms with Crippen molar-refractivity contribution in [2.45, 2.75) is 32.2 Å². The van der Waals surface area contributed by atoms with Gasteiger partial charge in [-0.05, 0) is 24.8 Å². The maximum Gasteiger partial charge on any atom is 0.329 e. The van der Waals surface area contributed by atoms with E-state index in [1.54, 1.807) is 6.92 Å². The second-order valence-electron chi connectivity index (χ2n) is 3.80. The Morgan fingerprint density at radius 2 is 2.25 bits per heavy atom. The first-order valence-corrected chi connectivity index (χ1v) is 5.92. The van der Waals surface area contributed by atoms with Crippen molar-refractivity contribution in [3.8, 4) is 0 Å². The number of hydrogen-bond acceptors (Lipinski definition) is 3. The Hall–Kier alpha value is -1.36. The zero-order valence-corrected chi connectivity index (χ0v) is 10.1. The molecule has 0 radical (unpaired) electrons. The van der Waals surface area contributed by atoms with Gasteiger partial charge in [0.2, 0.25) is 5.91 Å². The summed E-state index contributed by atoms with van der Waals surface area (Å²) in [6, 6.07) is 3.72. The molecule has 0 fully saturated rings. The van der Waals surface area contributed by atoms with Crippen molar-refractivity contribution < 1.29 is 14.7 Å². The first-order valence-electron chi connectivity index (χ1n) is 5.04. The Morgan fingerprint density at radius 3 is 2.69 bits per heavy atom. The van der Waals surface area contributed by atoms with Gasteiger partial charge in [0.05, 0.1) is 6.42 Å². The number of rotatable bonds is 5. The molecule has 88 valence electrons. The number of thiophene rings is 1. The highest BCUT2D eigenvalue weighted by molar-refractivity contribution is 7.10. The van der Waals surface area contributed by atoms with Gasteiger partial charge >= 0.3 is 5.97 Å². The number of aliphatic carboxylic acids is 1. The number of nitrogens with one attached hydrogen (secondary N) is 1. The highest BCUT2D eigenvalue weighted by atomic mass is 32.1. The molecule has 1 rings (SSSR count). The van der Waals surface area contributed by atoms with Crippen LogP contribution in [0.5, 0.6) is 0 Å². The summed E-state index contributed by atoms with van der Waals surface area (Å²) >= 11 is 1.48. The molecule has 0 aliphatic carbocycles. The zero-order chi connectivity index (χ0) is 12.2. The minimum atomic E-state index is -1.17. The Morgan fingerprint density at radius 1 is 1.56 bits per heavy atom. The Bertz CT molecular complexity index is 375. The second kappa shape index (κ2) is 5.12. The summed E-state index contributed by atoms with van der Waals surface area (Å²) in [4.78, 5) is 23.5. The fraction of sp³-hybridized carbons (Fsp3) is 0.455. The molecule has 0 bridgehead atoms. The molecule has 0 saturated heterocycles. The van der Waals surface area contributed by atoms with Gasteiger partial charge in [-0.25, -0.2) is 4.79 Å². The van der Waals surface area contributed by atoms with Gasteiger partial charge in [0, 0.05) is 4.88 Å². The van der Waals surface area contributed by atoms with E-state index in [4.69, 9.17) is 5.11 Å². The normalized spacial score (nSPS) is 14.1. The third-order valence-corrected chi connectivity index (χ3v) is 3.39. The van der Waals surface area contributed by atoms with Crippen LogP contribution in [0.25, 0.3) is 0 Å². The van der Waals surface area contributed by atoms with Crippen molar-refractivity contribution in [1.29, 1.82) is 0 Å². The molecule has 16 heavy (non-hydrogen) atoms. The van der Waals surface area contributed by atoms with E-state index in [0.717, 1.165) is 4.88 Å². The van der Waals surface area contributed by atoms with Crippen LogP contribution >= 0.6 is 11.3 Å². The van der Waals surface area contributed by atoms with Crippen molar-refractivity contribution in [2.24, 2.45) is 0 Å². The molecule has 1 aromatic rings. The van der Waals surface area contributed by atoms with Crippen molar-refractivity contribution >= 4 is 23.2 Å². The number of carboxylic acids is 1. The van der Waals surface area contributed by atoms with Crippen LogP contribution in [0, 0.1) is 0 Å². The lowest BCUT2D eigenvalue weighted by Crippen LogP contribution is -2.52. The fourth-order valence-corrected chi connectivity index (χ4v) is 1.92. The molecule has 0 aliphatic rings. The molecule has 0 aliphatic heterocycles. The summed E-state index contributed by atoms with van der Waals surface area (Å²) in [7, 11) is 0. The third kappa shape index (κ3) is 3.06. The molecule has 0 saturated carbocycles. The molecule has 2 N–H and O–H groups in total. The number of carbonyl (C=O) groups excluding carboxylic acids is 1. The summed E-state index contributed by atoms with van der Waals surface area (Å²) < 4.78 is 0. The van der Waals surface area contributed by atoms with E-state index in [9.17, 15) is 9.59 Å². The SMILES string of the molecule is CCC(C)(NC(=O)Cc1cccs1)C(=O)O. The topological polar surface area (TPSA) is 66.4 Å². The number of amides is 1. The van der Waals surface area contributed by atoms with Gasteiger partial charge in [0.25, 0.3) is 0 Å². The summed E-state index contributed by atoms with van der Waals surface area (Å²) in [5.74, 6) is -1.26. The Labute approximate surface area is 98.3 Å². The van der Waals surface area contributed by atoms with Crippen LogP contribution in [0.3, 0.4) is 0 Å². The van der Waals surface area contributed by atoms with Crippen LogP contribution in [0.2, 0.25) is 0 Å². The molecule has 1 heterocycles. The molecular formula is C11H15NO3S. The van der Waals surface area contributed by atoms with Crippen LogP contribution in [0.15, 0.2) is 17.5 Å². The predicted octanol–water partition coefficient (Wildman–Crippen LogP) is 1.66. The monoisotopic (exact) mass is 241 g/mol. The lowest BCUT2D eigenvalue weighted by molar-refractivity contribution is -0.146. The first-order chi connectivity index (χ1) is 7.48. The summed E-state index contributed by atoms with van der Waals surface area (Å²) in [5.41, 5.74) is -1.17. The lowest BCUT2D eigenvalue weighted by atomic mass is 9.99. The van der Waals surface area contributed by atoms with E-state index in [1.807, 2.05) is 17.5 Å². The van der Waals surface area contributed by atoms with Crippen LogP contribution in [-0.4, -0.2) is 22.5 Å². The van der Waals surface area contributed by atoms with Crippen molar-refractivity contribution in [1.82, 2.24) is 5.32 Å². The Balaban J connectivity index is 2.60. The molecule has 1 unspecified atom stereocenters. The summed E-state index contributed by atoms with van der Waals surface area (Å²) in [6.07, 6.45) is 0.596. The predicted molar refractivity (Wildman–Crippen MR) is 62.5 cm³/mol. The van der Waals surface area contributed by atoms with Gasteiger partial charge in [-0.1, -0.05) is 13.0 Å². The van der Waals surface area contributed by atoms with E-state index >= 15 is 0 Å². The van der Waals surface area contributed by atoms with Crippen molar-refractivity contribution in [3.63, 3.8) is 0 Å². The average Bonchev–Trinajstić information content (AvgIpc) is 2.69.